The molecule has 1 aliphatic carbocycles. The fourth-order valence-electron chi connectivity index (χ4n) is 9.70. The molecule has 1 aliphatic rings. The number of ether oxygens (including phenoxy) is 4. The van der Waals surface area contributed by atoms with E-state index in [0.29, 0.717) is 44.5 Å². The quantitative estimate of drug-likeness (QED) is 0.141. The Labute approximate surface area is 403 Å². The van der Waals surface area contributed by atoms with E-state index in [1.807, 2.05) is 107 Å². The third kappa shape index (κ3) is 9.83. The molecule has 5 rings (SSSR count). The molecule has 0 aliphatic heterocycles. The van der Waals surface area contributed by atoms with Gasteiger partial charge in [0.25, 0.3) is 0 Å². The van der Waals surface area contributed by atoms with E-state index < -0.39 is 80.0 Å². The SMILES string of the molecule is COc1c2cc(C(C)(C)C)cc1C(C(C(C)=O)C(C)=O)c1cc(C(C)(C)C)cc(c1OC)C(=O)c1cc(C(C)(C)C)cc(c1OC)C(C(C(C)=O)C(C)=O)c1cc(C(C)(C)C)cc(c1OC)C2=O. The van der Waals surface area contributed by atoms with Crippen molar-refractivity contribution < 1.29 is 47.7 Å². The highest BCUT2D eigenvalue weighted by Gasteiger charge is 2.44. The lowest BCUT2D eigenvalue weighted by molar-refractivity contribution is -0.132. The van der Waals surface area contributed by atoms with Gasteiger partial charge in [-0.2, -0.15) is 0 Å². The van der Waals surface area contributed by atoms with E-state index in [9.17, 15) is 19.2 Å². The summed E-state index contributed by atoms with van der Waals surface area (Å²) in [6.07, 6.45) is 0. The van der Waals surface area contributed by atoms with E-state index in [1.54, 1.807) is 24.3 Å². The highest BCUT2D eigenvalue weighted by Crippen LogP contribution is 2.52. The average molecular weight is 929 g/mol. The molecule has 0 radical (unpaired) electrons. The maximum atomic E-state index is 16.1. The first kappa shape index (κ1) is 53.1. The maximum Gasteiger partial charge on any atom is 0.200 e. The molecule has 0 amide bonds. The molecule has 0 spiro atoms. The highest BCUT2D eigenvalue weighted by molar-refractivity contribution is 6.15. The number of fused-ring (bicyclic) bond motifs is 8. The van der Waals surface area contributed by atoms with Gasteiger partial charge in [-0.3, -0.25) is 28.8 Å². The van der Waals surface area contributed by atoms with Gasteiger partial charge in [0, 0.05) is 34.1 Å². The van der Waals surface area contributed by atoms with Crippen molar-refractivity contribution in [3.05, 3.63) is 115 Å². The Morgan fingerprint density at radius 2 is 0.544 bits per heavy atom. The van der Waals surface area contributed by atoms with E-state index in [4.69, 9.17) is 18.9 Å². The molecule has 0 N–H and O–H groups in total. The van der Waals surface area contributed by atoms with Gasteiger partial charge in [0.05, 0.1) is 62.5 Å². The molecule has 0 atom stereocenters. The van der Waals surface area contributed by atoms with Crippen molar-refractivity contribution >= 4 is 34.7 Å². The molecule has 0 fully saturated rings. The molecule has 8 bridgehead atoms. The van der Waals surface area contributed by atoms with Gasteiger partial charge in [-0.1, -0.05) is 107 Å². The molecular formula is C58H72O10. The summed E-state index contributed by atoms with van der Waals surface area (Å²) in [5.74, 6) is -7.24. The van der Waals surface area contributed by atoms with Crippen molar-refractivity contribution in [1.82, 2.24) is 0 Å². The zero-order valence-corrected chi connectivity index (χ0v) is 44.0. The molecule has 0 aromatic heterocycles. The Morgan fingerprint density at radius 3 is 0.676 bits per heavy atom. The summed E-state index contributed by atoms with van der Waals surface area (Å²) in [6, 6.07) is 14.6. The lowest BCUT2D eigenvalue weighted by Crippen LogP contribution is -2.31. The third-order valence-electron chi connectivity index (χ3n) is 13.5. The average Bonchev–Trinajstić information content (AvgIpc) is 3.22. The van der Waals surface area contributed by atoms with Crippen LogP contribution in [-0.4, -0.2) is 63.1 Å². The number of carbonyl (C=O) groups is 6. The number of hydrogen-bond donors (Lipinski definition) is 0. The summed E-state index contributed by atoms with van der Waals surface area (Å²) >= 11 is 0. The van der Waals surface area contributed by atoms with Crippen LogP contribution in [0.25, 0.3) is 0 Å². The summed E-state index contributed by atoms with van der Waals surface area (Å²) in [5.41, 5.74) is 2.31. The summed E-state index contributed by atoms with van der Waals surface area (Å²) in [5, 5.41) is 0. The molecule has 10 heteroatoms. The standard InChI is InChI=1S/C58H72O10/c1-29(59)45(30(2)60)47-37-21-33(55(5,6)7)25-41(51(37)65-17)49(63)43-27-35(57(11,12)13)23-39(53(43)67-19)48(46(31(3)61)32(4)62)40-24-36(58(14,15)16)28-44(54(40)68-20)50(64)42-26-34(56(8,9)10)22-38(47)52(42)66-18/h21-28,45-48H,1-20H3. The van der Waals surface area contributed by atoms with Crippen LogP contribution in [-0.2, 0) is 40.8 Å². The number of benzene rings is 4. The molecule has 0 saturated carbocycles. The monoisotopic (exact) mass is 929 g/mol. The van der Waals surface area contributed by atoms with Crippen molar-refractivity contribution in [2.24, 2.45) is 11.8 Å². The second-order valence-corrected chi connectivity index (χ2v) is 22.6. The van der Waals surface area contributed by atoms with Crippen molar-refractivity contribution in [2.45, 2.75) is 144 Å². The minimum atomic E-state index is -1.32. The van der Waals surface area contributed by atoms with Crippen LogP contribution in [0.1, 0.15) is 199 Å². The molecule has 0 saturated heterocycles. The van der Waals surface area contributed by atoms with Crippen LogP contribution in [0.3, 0.4) is 0 Å². The lowest BCUT2D eigenvalue weighted by Gasteiger charge is -2.34. The van der Waals surface area contributed by atoms with Crippen LogP contribution >= 0.6 is 0 Å². The normalized spacial score (nSPS) is 15.6. The van der Waals surface area contributed by atoms with Gasteiger partial charge < -0.3 is 18.9 Å². The van der Waals surface area contributed by atoms with Crippen LogP contribution in [0.15, 0.2) is 48.5 Å². The smallest absolute Gasteiger partial charge is 0.200 e. The van der Waals surface area contributed by atoms with Gasteiger partial charge in [-0.25, -0.2) is 0 Å². The summed E-state index contributed by atoms with van der Waals surface area (Å²) in [4.78, 5) is 88.7. The molecule has 10 nitrogen and oxygen atoms in total. The Hall–Kier alpha value is -5.90. The molecule has 4 aromatic rings. The van der Waals surface area contributed by atoms with Gasteiger partial charge >= 0.3 is 0 Å². The zero-order chi connectivity index (χ0) is 51.5. The Balaban J connectivity index is 2.32. The fraction of sp³-hybridized carbons (Fsp3) is 0.483. The van der Waals surface area contributed by atoms with Crippen LogP contribution in [0, 0.1) is 11.8 Å². The largest absolute Gasteiger partial charge is 0.496 e. The van der Waals surface area contributed by atoms with Crippen molar-refractivity contribution in [3.8, 4) is 23.0 Å². The van der Waals surface area contributed by atoms with Gasteiger partial charge in [-0.05, 0) is 95.9 Å². The highest BCUT2D eigenvalue weighted by atomic mass is 16.5. The van der Waals surface area contributed by atoms with Crippen LogP contribution in [0.5, 0.6) is 23.0 Å². The number of Topliss-reactive ketones (excluding diaryl/α,β-unsaturated/α-hetero) is 4. The topological polar surface area (TPSA) is 139 Å². The first-order valence-corrected chi connectivity index (χ1v) is 23.3. The van der Waals surface area contributed by atoms with E-state index in [-0.39, 0.29) is 45.3 Å². The van der Waals surface area contributed by atoms with Gasteiger partial charge in [0.15, 0.2) is 0 Å². The Kier molecular flexibility index (Phi) is 14.7. The van der Waals surface area contributed by atoms with Gasteiger partial charge in [-0.15, -0.1) is 0 Å². The Morgan fingerprint density at radius 1 is 0.368 bits per heavy atom. The first-order chi connectivity index (χ1) is 31.3. The van der Waals surface area contributed by atoms with Gasteiger partial charge in [0.1, 0.15) is 46.1 Å². The second-order valence-electron chi connectivity index (χ2n) is 22.6. The minimum absolute atomic E-state index is 0.108. The van der Waals surface area contributed by atoms with Crippen LogP contribution < -0.4 is 18.9 Å². The fourth-order valence-corrected chi connectivity index (χ4v) is 9.70. The predicted molar refractivity (Wildman–Crippen MR) is 267 cm³/mol. The summed E-state index contributed by atoms with van der Waals surface area (Å²) < 4.78 is 25.4. The minimum Gasteiger partial charge on any atom is -0.496 e. The maximum absolute atomic E-state index is 16.1. The summed E-state index contributed by atoms with van der Waals surface area (Å²) in [7, 11) is 5.76. The van der Waals surface area contributed by atoms with Gasteiger partial charge in [0.2, 0.25) is 11.6 Å². The number of methoxy groups -OCH3 is 4. The van der Waals surface area contributed by atoms with Crippen molar-refractivity contribution in [3.63, 3.8) is 0 Å². The molecule has 4 aromatic carbocycles. The molecule has 68 heavy (non-hydrogen) atoms. The third-order valence-corrected chi connectivity index (χ3v) is 13.5. The van der Waals surface area contributed by atoms with E-state index in [2.05, 4.69) is 0 Å². The molecular weight excluding hydrogens is 857 g/mol. The number of rotatable bonds is 10. The molecule has 0 unspecified atom stereocenters. The molecule has 364 valence electrons. The van der Waals surface area contributed by atoms with Crippen LogP contribution in [0.4, 0.5) is 0 Å². The molecule has 0 heterocycles. The predicted octanol–water partition coefficient (Wildman–Crippen LogP) is 11.5. The second kappa shape index (κ2) is 18.9. The number of hydrogen-bond acceptors (Lipinski definition) is 10. The first-order valence-electron chi connectivity index (χ1n) is 23.3. The Bertz CT molecular complexity index is 2360. The van der Waals surface area contributed by atoms with Crippen molar-refractivity contribution in [1.29, 1.82) is 0 Å². The number of ketones is 6. The zero-order valence-electron chi connectivity index (χ0n) is 44.0. The van der Waals surface area contributed by atoms with E-state index in [1.165, 1.54) is 56.1 Å². The number of carbonyl (C=O) groups excluding carboxylic acids is 6. The van der Waals surface area contributed by atoms with E-state index in [0.717, 1.165) is 0 Å². The van der Waals surface area contributed by atoms with E-state index >= 15 is 9.59 Å². The van der Waals surface area contributed by atoms with Crippen molar-refractivity contribution in [2.75, 3.05) is 28.4 Å². The van der Waals surface area contributed by atoms with Crippen LogP contribution in [0.2, 0.25) is 0 Å². The lowest BCUT2D eigenvalue weighted by atomic mass is 9.70. The summed E-state index contributed by atoms with van der Waals surface area (Å²) in [6.45, 7) is 29.4.